The predicted octanol–water partition coefficient (Wildman–Crippen LogP) is 3.12. The van der Waals surface area contributed by atoms with Crippen molar-refractivity contribution >= 4 is 6.08 Å². The van der Waals surface area contributed by atoms with Gasteiger partial charge in [0, 0.05) is 5.56 Å². The van der Waals surface area contributed by atoms with Crippen molar-refractivity contribution in [2.75, 3.05) is 0 Å². The van der Waals surface area contributed by atoms with Crippen LogP contribution in [-0.2, 0) is 0 Å². The average Bonchev–Trinajstić information content (AvgIpc) is 2.04. The van der Waals surface area contributed by atoms with Gasteiger partial charge in [-0.2, -0.15) is 0 Å². The van der Waals surface area contributed by atoms with E-state index < -0.39 is 0 Å². The molecule has 1 aromatic rings. The van der Waals surface area contributed by atoms with Gasteiger partial charge in [0.25, 0.3) is 0 Å². The van der Waals surface area contributed by atoms with E-state index in [4.69, 9.17) is 4.74 Å². The Kier molecular flexibility index (Phi) is 2.92. The molecule has 0 N–H and O–H groups in total. The summed E-state index contributed by atoms with van der Waals surface area (Å²) in [7, 11) is 0. The van der Waals surface area contributed by atoms with E-state index in [1.54, 1.807) is 6.08 Å². The van der Waals surface area contributed by atoms with Crippen LogP contribution in [0, 0.1) is 0 Å². The number of ether oxygens (including phenoxy) is 1. The molecule has 0 saturated heterocycles. The maximum absolute atomic E-state index is 5.56. The van der Waals surface area contributed by atoms with Gasteiger partial charge < -0.3 is 4.74 Å². The zero-order valence-electron chi connectivity index (χ0n) is 7.58. The van der Waals surface area contributed by atoms with Gasteiger partial charge in [-0.15, -0.1) is 0 Å². The Morgan fingerprint density at radius 2 is 2.00 bits per heavy atom. The fraction of sp³-hybridized carbons (Fsp3) is 0.273. The highest BCUT2D eigenvalue weighted by atomic mass is 16.5. The van der Waals surface area contributed by atoms with E-state index in [9.17, 15) is 0 Å². The van der Waals surface area contributed by atoms with Crippen LogP contribution in [0.25, 0.3) is 6.08 Å². The van der Waals surface area contributed by atoms with Gasteiger partial charge in [-0.05, 0) is 19.9 Å². The largest absolute Gasteiger partial charge is 0.490 e. The molecular weight excluding hydrogens is 148 g/mol. The monoisotopic (exact) mass is 162 g/mol. The standard InChI is InChI=1S/C11H14O/c1-4-10-7-5-6-8-11(10)12-9(2)3/h4-9H,1H2,2-3H3. The summed E-state index contributed by atoms with van der Waals surface area (Å²) >= 11 is 0. The smallest absolute Gasteiger partial charge is 0.126 e. The molecule has 1 aromatic carbocycles. The summed E-state index contributed by atoms with van der Waals surface area (Å²) in [5.74, 6) is 0.905. The molecule has 0 atom stereocenters. The maximum atomic E-state index is 5.56. The lowest BCUT2D eigenvalue weighted by Gasteiger charge is -2.11. The normalized spacial score (nSPS) is 9.92. The lowest BCUT2D eigenvalue weighted by Crippen LogP contribution is -2.06. The fourth-order valence-electron chi connectivity index (χ4n) is 1.01. The van der Waals surface area contributed by atoms with E-state index in [0.717, 1.165) is 11.3 Å². The van der Waals surface area contributed by atoms with Gasteiger partial charge in [-0.25, -0.2) is 0 Å². The van der Waals surface area contributed by atoms with Crippen molar-refractivity contribution in [3.8, 4) is 5.75 Å². The van der Waals surface area contributed by atoms with Crippen molar-refractivity contribution in [3.05, 3.63) is 36.4 Å². The second-order valence-corrected chi connectivity index (χ2v) is 2.91. The molecule has 64 valence electrons. The molecule has 1 nitrogen and oxygen atoms in total. The van der Waals surface area contributed by atoms with E-state index in [1.165, 1.54) is 0 Å². The minimum atomic E-state index is 0.214. The minimum absolute atomic E-state index is 0.214. The van der Waals surface area contributed by atoms with Crippen molar-refractivity contribution in [1.29, 1.82) is 0 Å². The van der Waals surface area contributed by atoms with Gasteiger partial charge in [0.1, 0.15) is 5.75 Å². The first-order valence-electron chi connectivity index (χ1n) is 4.12. The van der Waals surface area contributed by atoms with Crippen LogP contribution in [0.2, 0.25) is 0 Å². The first-order valence-corrected chi connectivity index (χ1v) is 4.12. The van der Waals surface area contributed by atoms with Crippen molar-refractivity contribution < 1.29 is 4.74 Å². The summed E-state index contributed by atoms with van der Waals surface area (Å²) in [6.07, 6.45) is 2.02. The number of benzene rings is 1. The molecule has 0 aliphatic carbocycles. The van der Waals surface area contributed by atoms with Crippen LogP contribution >= 0.6 is 0 Å². The van der Waals surface area contributed by atoms with E-state index in [0.29, 0.717) is 0 Å². The second kappa shape index (κ2) is 3.96. The molecule has 0 amide bonds. The van der Waals surface area contributed by atoms with E-state index in [2.05, 4.69) is 6.58 Å². The number of hydrogen-bond acceptors (Lipinski definition) is 1. The van der Waals surface area contributed by atoms with Crippen molar-refractivity contribution in [2.45, 2.75) is 20.0 Å². The molecule has 0 radical (unpaired) electrons. The third kappa shape index (κ3) is 2.12. The number of para-hydroxylation sites is 1. The molecule has 0 heterocycles. The molecule has 1 rings (SSSR count). The van der Waals surface area contributed by atoms with Gasteiger partial charge in [-0.1, -0.05) is 30.9 Å². The quantitative estimate of drug-likeness (QED) is 0.663. The topological polar surface area (TPSA) is 9.23 Å². The SMILES string of the molecule is C=Cc1ccccc1OC(C)C. The van der Waals surface area contributed by atoms with Crippen LogP contribution < -0.4 is 4.74 Å². The van der Waals surface area contributed by atoms with E-state index >= 15 is 0 Å². The summed E-state index contributed by atoms with van der Waals surface area (Å²) < 4.78 is 5.56. The molecule has 0 saturated carbocycles. The summed E-state index contributed by atoms with van der Waals surface area (Å²) in [6, 6.07) is 7.89. The summed E-state index contributed by atoms with van der Waals surface area (Å²) in [4.78, 5) is 0. The van der Waals surface area contributed by atoms with E-state index in [1.807, 2.05) is 38.1 Å². The highest BCUT2D eigenvalue weighted by Crippen LogP contribution is 2.19. The molecule has 1 heteroatoms. The summed E-state index contributed by atoms with van der Waals surface area (Å²) in [6.45, 7) is 7.75. The van der Waals surface area contributed by atoms with E-state index in [-0.39, 0.29) is 6.10 Å². The van der Waals surface area contributed by atoms with Gasteiger partial charge in [-0.3, -0.25) is 0 Å². The van der Waals surface area contributed by atoms with Crippen molar-refractivity contribution in [3.63, 3.8) is 0 Å². The Labute approximate surface area is 73.7 Å². The zero-order valence-corrected chi connectivity index (χ0v) is 7.58. The Morgan fingerprint density at radius 1 is 1.33 bits per heavy atom. The minimum Gasteiger partial charge on any atom is -0.490 e. The zero-order chi connectivity index (χ0) is 8.97. The third-order valence-corrected chi connectivity index (χ3v) is 1.50. The van der Waals surface area contributed by atoms with Gasteiger partial charge in [0.15, 0.2) is 0 Å². The molecule has 0 spiro atoms. The van der Waals surface area contributed by atoms with Crippen LogP contribution in [0.1, 0.15) is 19.4 Å². The molecule has 12 heavy (non-hydrogen) atoms. The van der Waals surface area contributed by atoms with Gasteiger partial charge >= 0.3 is 0 Å². The van der Waals surface area contributed by atoms with Crippen LogP contribution in [-0.4, -0.2) is 6.10 Å². The summed E-state index contributed by atoms with van der Waals surface area (Å²) in [5.41, 5.74) is 1.05. The molecule has 0 aromatic heterocycles. The highest BCUT2D eigenvalue weighted by Gasteiger charge is 2.00. The molecule has 0 aliphatic heterocycles. The Hall–Kier alpha value is -1.24. The first-order chi connectivity index (χ1) is 5.74. The Balaban J connectivity index is 2.89. The molecular formula is C11H14O. The van der Waals surface area contributed by atoms with Crippen LogP contribution in [0.4, 0.5) is 0 Å². The lowest BCUT2D eigenvalue weighted by atomic mass is 10.2. The number of hydrogen-bond donors (Lipinski definition) is 0. The predicted molar refractivity (Wildman–Crippen MR) is 52.3 cm³/mol. The first kappa shape index (κ1) is 8.85. The van der Waals surface area contributed by atoms with Crippen molar-refractivity contribution in [2.24, 2.45) is 0 Å². The fourth-order valence-corrected chi connectivity index (χ4v) is 1.01. The lowest BCUT2D eigenvalue weighted by molar-refractivity contribution is 0.242. The molecule has 0 fully saturated rings. The van der Waals surface area contributed by atoms with Crippen molar-refractivity contribution in [1.82, 2.24) is 0 Å². The van der Waals surface area contributed by atoms with Crippen LogP contribution in [0.15, 0.2) is 30.8 Å². The highest BCUT2D eigenvalue weighted by molar-refractivity contribution is 5.55. The molecule has 0 aliphatic rings. The molecule has 0 unspecified atom stereocenters. The second-order valence-electron chi connectivity index (χ2n) is 2.91. The number of rotatable bonds is 3. The third-order valence-electron chi connectivity index (χ3n) is 1.50. The average molecular weight is 162 g/mol. The molecule has 0 bridgehead atoms. The van der Waals surface area contributed by atoms with Gasteiger partial charge in [0.2, 0.25) is 0 Å². The maximum Gasteiger partial charge on any atom is 0.126 e. The Morgan fingerprint density at radius 3 is 2.58 bits per heavy atom. The Bertz CT molecular complexity index is 263. The van der Waals surface area contributed by atoms with Crippen LogP contribution in [0.5, 0.6) is 5.75 Å². The summed E-state index contributed by atoms with van der Waals surface area (Å²) in [5, 5.41) is 0. The van der Waals surface area contributed by atoms with Gasteiger partial charge in [0.05, 0.1) is 6.10 Å². The van der Waals surface area contributed by atoms with Crippen LogP contribution in [0.3, 0.4) is 0 Å².